The molecule has 2 aromatic rings. The van der Waals surface area contributed by atoms with Gasteiger partial charge in [0.1, 0.15) is 5.82 Å². The van der Waals surface area contributed by atoms with Crippen LogP contribution in [0.2, 0.25) is 0 Å². The fourth-order valence-electron chi connectivity index (χ4n) is 1.50. The lowest BCUT2D eigenvalue weighted by molar-refractivity contribution is -0.137. The fourth-order valence-corrected chi connectivity index (χ4v) is 1.50. The van der Waals surface area contributed by atoms with Crippen LogP contribution in [-0.2, 0) is 6.18 Å². The van der Waals surface area contributed by atoms with Gasteiger partial charge in [0.05, 0.1) is 17.5 Å². The summed E-state index contributed by atoms with van der Waals surface area (Å²) >= 11 is 0. The summed E-state index contributed by atoms with van der Waals surface area (Å²) in [7, 11) is 0. The number of para-hydroxylation sites is 1. The standard InChI is InChI=1S/C14H10F4N2/c15-13-8-11(14(16,17)18)7-6-10(13)9-19-20-12-4-2-1-3-5-12/h1-9,20H. The molecule has 0 aliphatic rings. The van der Waals surface area contributed by atoms with Crippen molar-refractivity contribution in [1.29, 1.82) is 0 Å². The molecular weight excluding hydrogens is 272 g/mol. The molecule has 0 atom stereocenters. The van der Waals surface area contributed by atoms with Crippen molar-refractivity contribution in [3.8, 4) is 0 Å². The molecule has 2 rings (SSSR count). The summed E-state index contributed by atoms with van der Waals surface area (Å²) in [5.74, 6) is -0.974. The minimum absolute atomic E-state index is 0.0265. The van der Waals surface area contributed by atoms with Crippen LogP contribution in [0.3, 0.4) is 0 Å². The van der Waals surface area contributed by atoms with Crippen LogP contribution in [-0.4, -0.2) is 6.21 Å². The average molecular weight is 282 g/mol. The number of nitrogens with one attached hydrogen (secondary N) is 1. The van der Waals surface area contributed by atoms with Crippen LogP contribution in [0.1, 0.15) is 11.1 Å². The molecule has 0 heterocycles. The third kappa shape index (κ3) is 3.57. The molecule has 0 bridgehead atoms. The molecule has 0 aliphatic carbocycles. The lowest BCUT2D eigenvalue weighted by Crippen LogP contribution is -2.06. The minimum atomic E-state index is -4.56. The maximum absolute atomic E-state index is 13.5. The molecule has 0 amide bonds. The first-order chi connectivity index (χ1) is 9.47. The van der Waals surface area contributed by atoms with Crippen molar-refractivity contribution in [1.82, 2.24) is 0 Å². The van der Waals surface area contributed by atoms with Gasteiger partial charge in [0.2, 0.25) is 0 Å². The Balaban J connectivity index is 2.10. The molecule has 6 heteroatoms. The van der Waals surface area contributed by atoms with Crippen molar-refractivity contribution in [2.75, 3.05) is 5.43 Å². The maximum atomic E-state index is 13.5. The van der Waals surface area contributed by atoms with E-state index in [1.165, 1.54) is 0 Å². The zero-order chi connectivity index (χ0) is 14.6. The Bertz CT molecular complexity index is 606. The second-order valence-corrected chi connectivity index (χ2v) is 3.97. The van der Waals surface area contributed by atoms with E-state index in [9.17, 15) is 17.6 Å². The van der Waals surface area contributed by atoms with Crippen LogP contribution < -0.4 is 5.43 Å². The summed E-state index contributed by atoms with van der Waals surface area (Å²) in [5.41, 5.74) is 2.29. The molecule has 0 aliphatic heterocycles. The van der Waals surface area contributed by atoms with Crippen molar-refractivity contribution in [3.63, 3.8) is 0 Å². The predicted molar refractivity (Wildman–Crippen MR) is 69.1 cm³/mol. The molecule has 0 aromatic heterocycles. The van der Waals surface area contributed by atoms with E-state index in [0.717, 1.165) is 18.3 Å². The van der Waals surface area contributed by atoms with Gasteiger partial charge in [-0.15, -0.1) is 0 Å². The fraction of sp³-hybridized carbons (Fsp3) is 0.0714. The van der Waals surface area contributed by atoms with Crippen molar-refractivity contribution in [3.05, 3.63) is 65.5 Å². The first-order valence-electron chi connectivity index (χ1n) is 5.68. The number of nitrogens with zero attached hydrogens (tertiary/aromatic N) is 1. The Labute approximate surface area is 112 Å². The van der Waals surface area contributed by atoms with Crippen LogP contribution in [0.15, 0.2) is 53.6 Å². The summed E-state index contributed by atoms with van der Waals surface area (Å²) < 4.78 is 50.6. The topological polar surface area (TPSA) is 24.4 Å². The smallest absolute Gasteiger partial charge is 0.279 e. The highest BCUT2D eigenvalue weighted by Crippen LogP contribution is 2.29. The van der Waals surface area contributed by atoms with Crippen LogP contribution in [0.25, 0.3) is 0 Å². The lowest BCUT2D eigenvalue weighted by atomic mass is 10.1. The van der Waals surface area contributed by atoms with Crippen molar-refractivity contribution in [2.45, 2.75) is 6.18 Å². The summed E-state index contributed by atoms with van der Waals surface area (Å²) in [6, 6.07) is 11.2. The highest BCUT2D eigenvalue weighted by atomic mass is 19.4. The second-order valence-electron chi connectivity index (χ2n) is 3.97. The monoisotopic (exact) mass is 282 g/mol. The zero-order valence-corrected chi connectivity index (χ0v) is 10.2. The van der Waals surface area contributed by atoms with E-state index in [1.54, 1.807) is 24.3 Å². The van der Waals surface area contributed by atoms with Gasteiger partial charge in [0, 0.05) is 5.56 Å². The number of rotatable bonds is 3. The maximum Gasteiger partial charge on any atom is 0.416 e. The third-order valence-electron chi connectivity index (χ3n) is 2.50. The zero-order valence-electron chi connectivity index (χ0n) is 10.2. The summed E-state index contributed by atoms with van der Waals surface area (Å²) in [5, 5.41) is 3.77. The first-order valence-corrected chi connectivity index (χ1v) is 5.68. The van der Waals surface area contributed by atoms with Gasteiger partial charge < -0.3 is 0 Å². The second kappa shape index (κ2) is 5.73. The van der Waals surface area contributed by atoms with Gasteiger partial charge in [-0.05, 0) is 30.3 Å². The molecule has 20 heavy (non-hydrogen) atoms. The quantitative estimate of drug-likeness (QED) is 0.507. The first kappa shape index (κ1) is 14.0. The van der Waals surface area contributed by atoms with Gasteiger partial charge in [0.25, 0.3) is 0 Å². The largest absolute Gasteiger partial charge is 0.416 e. The van der Waals surface area contributed by atoms with Crippen molar-refractivity contribution in [2.24, 2.45) is 5.10 Å². The average Bonchev–Trinajstić information content (AvgIpc) is 2.40. The Kier molecular flexibility index (Phi) is 4.02. The van der Waals surface area contributed by atoms with Crippen LogP contribution in [0.4, 0.5) is 23.2 Å². The predicted octanol–water partition coefficient (Wildman–Crippen LogP) is 4.29. The molecule has 0 fully saturated rings. The Morgan fingerprint density at radius 3 is 2.30 bits per heavy atom. The molecule has 104 valence electrons. The van der Waals surface area contributed by atoms with E-state index in [0.29, 0.717) is 11.8 Å². The van der Waals surface area contributed by atoms with Crippen LogP contribution in [0.5, 0.6) is 0 Å². The highest BCUT2D eigenvalue weighted by molar-refractivity contribution is 5.80. The molecule has 0 spiro atoms. The van der Waals surface area contributed by atoms with Crippen molar-refractivity contribution < 1.29 is 17.6 Å². The Hall–Kier alpha value is -2.37. The van der Waals surface area contributed by atoms with E-state index in [-0.39, 0.29) is 5.56 Å². The molecule has 0 unspecified atom stereocenters. The van der Waals surface area contributed by atoms with Gasteiger partial charge in [-0.25, -0.2) is 4.39 Å². The van der Waals surface area contributed by atoms with E-state index in [1.807, 2.05) is 6.07 Å². The van der Waals surface area contributed by atoms with Gasteiger partial charge in [-0.2, -0.15) is 18.3 Å². The number of anilines is 1. The number of hydrazone groups is 1. The Morgan fingerprint density at radius 2 is 1.70 bits per heavy atom. The number of alkyl halides is 3. The number of hydrogen-bond acceptors (Lipinski definition) is 2. The number of hydrogen-bond donors (Lipinski definition) is 1. The van der Waals surface area contributed by atoms with Gasteiger partial charge in [-0.3, -0.25) is 5.43 Å². The molecule has 1 N–H and O–H groups in total. The summed E-state index contributed by atoms with van der Waals surface area (Å²) in [6.45, 7) is 0. The Morgan fingerprint density at radius 1 is 1.00 bits per heavy atom. The summed E-state index contributed by atoms with van der Waals surface area (Å²) in [6.07, 6.45) is -3.43. The van der Waals surface area contributed by atoms with Gasteiger partial charge in [0.15, 0.2) is 0 Å². The van der Waals surface area contributed by atoms with E-state index in [2.05, 4.69) is 10.5 Å². The third-order valence-corrected chi connectivity index (χ3v) is 2.50. The van der Waals surface area contributed by atoms with Crippen LogP contribution in [0, 0.1) is 5.82 Å². The molecular formula is C14H10F4N2. The number of benzene rings is 2. The normalized spacial score (nSPS) is 11.8. The SMILES string of the molecule is Fc1cc(C(F)(F)F)ccc1C=NNc1ccccc1. The van der Waals surface area contributed by atoms with E-state index >= 15 is 0 Å². The molecule has 0 saturated heterocycles. The summed E-state index contributed by atoms with van der Waals surface area (Å²) in [4.78, 5) is 0. The lowest BCUT2D eigenvalue weighted by Gasteiger charge is -2.07. The van der Waals surface area contributed by atoms with Gasteiger partial charge in [-0.1, -0.05) is 18.2 Å². The minimum Gasteiger partial charge on any atom is -0.279 e. The van der Waals surface area contributed by atoms with Gasteiger partial charge >= 0.3 is 6.18 Å². The molecule has 0 saturated carbocycles. The molecule has 2 nitrogen and oxygen atoms in total. The molecule has 0 radical (unpaired) electrons. The number of halogens is 4. The van der Waals surface area contributed by atoms with Crippen LogP contribution >= 0.6 is 0 Å². The highest BCUT2D eigenvalue weighted by Gasteiger charge is 2.30. The van der Waals surface area contributed by atoms with E-state index in [4.69, 9.17) is 0 Å². The molecule has 2 aromatic carbocycles. The van der Waals surface area contributed by atoms with E-state index < -0.39 is 17.6 Å². The van der Waals surface area contributed by atoms with Crippen molar-refractivity contribution >= 4 is 11.9 Å².